The van der Waals surface area contributed by atoms with E-state index in [-0.39, 0.29) is 34.5 Å². The minimum Gasteiger partial charge on any atom is -0.502 e. The lowest BCUT2D eigenvalue weighted by Gasteiger charge is -2.03. The number of nitro benzene ring substituents is 1. The maximum atomic E-state index is 13.5. The van der Waals surface area contributed by atoms with Crippen LogP contribution in [0.5, 0.6) is 5.75 Å². The second kappa shape index (κ2) is 6.23. The Balaban J connectivity index is 2.33. The van der Waals surface area contributed by atoms with E-state index in [9.17, 15) is 24.4 Å². The molecule has 0 aliphatic carbocycles. The van der Waals surface area contributed by atoms with Crippen molar-refractivity contribution in [3.05, 3.63) is 57.9 Å². The third-order valence-electron chi connectivity index (χ3n) is 3.55. The minimum absolute atomic E-state index is 0.00631. The first-order valence-electron chi connectivity index (χ1n) is 7.29. The van der Waals surface area contributed by atoms with Crippen LogP contribution >= 0.6 is 0 Å². The zero-order valence-corrected chi connectivity index (χ0v) is 13.0. The van der Waals surface area contributed by atoms with Crippen LogP contribution in [0.2, 0.25) is 0 Å². The molecular formula is C17H12FNO6. The third kappa shape index (κ3) is 2.89. The smallest absolute Gasteiger partial charge is 0.342 e. The van der Waals surface area contributed by atoms with Crippen molar-refractivity contribution in [2.75, 3.05) is 6.61 Å². The number of furan rings is 1. The van der Waals surface area contributed by atoms with E-state index in [1.54, 1.807) is 6.92 Å². The fraction of sp³-hybridized carbons (Fsp3) is 0.118. The summed E-state index contributed by atoms with van der Waals surface area (Å²) >= 11 is 0. The molecule has 0 radical (unpaired) electrons. The van der Waals surface area contributed by atoms with Crippen molar-refractivity contribution < 1.29 is 28.4 Å². The maximum Gasteiger partial charge on any atom is 0.342 e. The molecular weight excluding hydrogens is 333 g/mol. The number of phenolic OH excluding ortho intramolecular Hbond substituents is 1. The second-order valence-corrected chi connectivity index (χ2v) is 5.13. The molecule has 0 saturated heterocycles. The molecule has 1 heterocycles. The molecule has 3 rings (SSSR count). The Kier molecular flexibility index (Phi) is 4.10. The van der Waals surface area contributed by atoms with E-state index in [0.717, 1.165) is 18.2 Å². The van der Waals surface area contributed by atoms with Gasteiger partial charge in [0.15, 0.2) is 5.75 Å². The van der Waals surface area contributed by atoms with Gasteiger partial charge in [-0.05, 0) is 25.1 Å². The highest BCUT2D eigenvalue weighted by atomic mass is 19.1. The van der Waals surface area contributed by atoms with Crippen molar-refractivity contribution in [3.63, 3.8) is 0 Å². The van der Waals surface area contributed by atoms with Crippen molar-refractivity contribution >= 4 is 22.6 Å². The molecule has 2 aromatic carbocycles. The third-order valence-corrected chi connectivity index (χ3v) is 3.55. The van der Waals surface area contributed by atoms with Crippen molar-refractivity contribution in [2.45, 2.75) is 6.92 Å². The van der Waals surface area contributed by atoms with Crippen LogP contribution in [-0.2, 0) is 4.74 Å². The van der Waals surface area contributed by atoms with Gasteiger partial charge in [0.1, 0.15) is 22.7 Å². The monoisotopic (exact) mass is 345 g/mol. The lowest BCUT2D eigenvalue weighted by molar-refractivity contribution is -0.385. The maximum absolute atomic E-state index is 13.5. The number of carbonyl (C=O) groups excluding carboxylic acids is 1. The van der Waals surface area contributed by atoms with E-state index < -0.39 is 28.1 Å². The summed E-state index contributed by atoms with van der Waals surface area (Å²) in [5, 5.41) is 21.0. The molecule has 3 aromatic rings. The van der Waals surface area contributed by atoms with Gasteiger partial charge in [0, 0.05) is 10.9 Å². The lowest BCUT2D eigenvalue weighted by Crippen LogP contribution is -2.05. The quantitative estimate of drug-likeness (QED) is 0.435. The standard InChI is InChI=1S/C17H12FNO6/c1-2-24-17(21)15-11-7-13(20)12(19(22)23)8-14(11)25-16(15)9-4-3-5-10(18)6-9/h3-8,20H,2H2,1H3. The summed E-state index contributed by atoms with van der Waals surface area (Å²) in [6, 6.07) is 7.42. The van der Waals surface area contributed by atoms with Gasteiger partial charge < -0.3 is 14.3 Å². The van der Waals surface area contributed by atoms with E-state index in [0.29, 0.717) is 0 Å². The minimum atomic E-state index is -0.775. The van der Waals surface area contributed by atoms with Crippen LogP contribution in [0, 0.1) is 15.9 Å². The number of phenols is 1. The van der Waals surface area contributed by atoms with Crippen molar-refractivity contribution in [1.29, 1.82) is 0 Å². The zero-order valence-electron chi connectivity index (χ0n) is 13.0. The van der Waals surface area contributed by atoms with Crippen LogP contribution in [0.1, 0.15) is 17.3 Å². The SMILES string of the molecule is CCOC(=O)c1c(-c2cccc(F)c2)oc2cc([N+](=O)[O-])c(O)cc12. The molecule has 1 N–H and O–H groups in total. The summed E-state index contributed by atoms with van der Waals surface area (Å²) in [6.45, 7) is 1.71. The first-order valence-corrected chi connectivity index (χ1v) is 7.29. The Labute approximate surface area is 140 Å². The Morgan fingerprint density at radius 2 is 2.12 bits per heavy atom. The predicted molar refractivity (Wildman–Crippen MR) is 85.9 cm³/mol. The Bertz CT molecular complexity index is 994. The van der Waals surface area contributed by atoms with Crippen LogP contribution < -0.4 is 0 Å². The van der Waals surface area contributed by atoms with Gasteiger partial charge in [-0.2, -0.15) is 0 Å². The molecule has 8 heteroatoms. The highest BCUT2D eigenvalue weighted by Crippen LogP contribution is 2.39. The Morgan fingerprint density at radius 3 is 2.76 bits per heavy atom. The summed E-state index contributed by atoms with van der Waals surface area (Å²) < 4.78 is 24.1. The number of hydrogen-bond donors (Lipinski definition) is 1. The van der Waals surface area contributed by atoms with Gasteiger partial charge in [0.05, 0.1) is 17.6 Å². The average Bonchev–Trinajstić information content (AvgIpc) is 2.92. The van der Waals surface area contributed by atoms with Crippen LogP contribution in [0.15, 0.2) is 40.8 Å². The molecule has 0 aliphatic heterocycles. The van der Waals surface area contributed by atoms with Crippen LogP contribution in [0.25, 0.3) is 22.3 Å². The molecule has 1 aromatic heterocycles. The molecule has 0 amide bonds. The number of aromatic hydroxyl groups is 1. The molecule has 7 nitrogen and oxygen atoms in total. The molecule has 25 heavy (non-hydrogen) atoms. The van der Waals surface area contributed by atoms with Crippen molar-refractivity contribution in [2.24, 2.45) is 0 Å². The van der Waals surface area contributed by atoms with E-state index in [4.69, 9.17) is 9.15 Å². The molecule has 0 aliphatic rings. The Morgan fingerprint density at radius 1 is 1.36 bits per heavy atom. The number of halogens is 1. The summed E-state index contributed by atoms with van der Waals surface area (Å²) in [5.41, 5.74) is -0.330. The highest BCUT2D eigenvalue weighted by Gasteiger charge is 2.27. The molecule has 0 unspecified atom stereocenters. The first kappa shape index (κ1) is 16.4. The largest absolute Gasteiger partial charge is 0.502 e. The topological polar surface area (TPSA) is 103 Å². The number of rotatable bonds is 4. The lowest BCUT2D eigenvalue weighted by atomic mass is 10.0. The van der Waals surface area contributed by atoms with Gasteiger partial charge in [-0.25, -0.2) is 9.18 Å². The number of hydrogen-bond acceptors (Lipinski definition) is 6. The van der Waals surface area contributed by atoms with Gasteiger partial charge >= 0.3 is 11.7 Å². The number of nitro groups is 1. The molecule has 0 atom stereocenters. The van der Waals surface area contributed by atoms with E-state index >= 15 is 0 Å². The number of fused-ring (bicyclic) bond motifs is 1. The van der Waals surface area contributed by atoms with Crippen LogP contribution in [0.4, 0.5) is 10.1 Å². The van der Waals surface area contributed by atoms with Gasteiger partial charge in [-0.1, -0.05) is 12.1 Å². The van der Waals surface area contributed by atoms with Gasteiger partial charge in [0.25, 0.3) is 0 Å². The van der Waals surface area contributed by atoms with Gasteiger partial charge in [-0.3, -0.25) is 10.1 Å². The second-order valence-electron chi connectivity index (χ2n) is 5.13. The number of esters is 1. The summed E-state index contributed by atoms with van der Waals surface area (Å²) in [4.78, 5) is 22.5. The summed E-state index contributed by atoms with van der Waals surface area (Å²) in [7, 11) is 0. The fourth-order valence-corrected chi connectivity index (χ4v) is 2.51. The number of nitrogens with zero attached hydrogens (tertiary/aromatic N) is 1. The molecule has 0 fully saturated rings. The molecule has 128 valence electrons. The van der Waals surface area contributed by atoms with Crippen LogP contribution in [0.3, 0.4) is 0 Å². The predicted octanol–water partition coefficient (Wildman–Crippen LogP) is 4.03. The molecule has 0 spiro atoms. The Hall–Kier alpha value is -3.42. The average molecular weight is 345 g/mol. The van der Waals surface area contributed by atoms with Crippen molar-refractivity contribution in [3.8, 4) is 17.1 Å². The first-order chi connectivity index (χ1) is 11.9. The number of benzene rings is 2. The summed E-state index contributed by atoms with van der Waals surface area (Å²) in [6.07, 6.45) is 0. The van der Waals surface area contributed by atoms with E-state index in [1.807, 2.05) is 0 Å². The molecule has 0 bridgehead atoms. The zero-order chi connectivity index (χ0) is 18.1. The molecule has 0 saturated carbocycles. The number of ether oxygens (including phenoxy) is 1. The normalized spacial score (nSPS) is 10.8. The summed E-state index contributed by atoms with van der Waals surface area (Å²) in [5.74, 6) is -1.89. The van der Waals surface area contributed by atoms with Gasteiger partial charge in [0.2, 0.25) is 0 Å². The van der Waals surface area contributed by atoms with Crippen molar-refractivity contribution in [1.82, 2.24) is 0 Å². The van der Waals surface area contributed by atoms with E-state index in [2.05, 4.69) is 0 Å². The fourth-order valence-electron chi connectivity index (χ4n) is 2.51. The highest BCUT2D eigenvalue weighted by molar-refractivity contribution is 6.09. The number of carbonyl (C=O) groups is 1. The van der Waals surface area contributed by atoms with Gasteiger partial charge in [-0.15, -0.1) is 0 Å². The van der Waals surface area contributed by atoms with Crippen LogP contribution in [-0.4, -0.2) is 22.6 Å². The van der Waals surface area contributed by atoms with E-state index in [1.165, 1.54) is 18.2 Å².